The smallest absolute Gasteiger partial charge is 0.141 e. The summed E-state index contributed by atoms with van der Waals surface area (Å²) in [5.74, 6) is -1.32. The second-order valence-corrected chi connectivity index (χ2v) is 7.76. The van der Waals surface area contributed by atoms with Crippen molar-refractivity contribution in [2.24, 2.45) is 5.92 Å². The fourth-order valence-electron chi connectivity index (χ4n) is 4.43. The summed E-state index contributed by atoms with van der Waals surface area (Å²) in [6, 6.07) is 11.9. The Kier molecular flexibility index (Phi) is 5.76. The standard InChI is InChI=1S/C23H24F2O4/c1-2-18(26)21-20(12-17-11-19(27)23(21)28-17)29-22(13-3-7-15(24)8-4-13)14-5-9-16(25)10-6-14/h3-10,17,19-23,27H,2,11-12H2,1H3/t17?,19?,20-,21+,23-/m1/s1. The largest absolute Gasteiger partial charge is 0.390 e. The van der Waals surface area contributed by atoms with Crippen LogP contribution in [0.3, 0.4) is 0 Å². The molecule has 4 nitrogen and oxygen atoms in total. The Morgan fingerprint density at radius 2 is 1.62 bits per heavy atom. The summed E-state index contributed by atoms with van der Waals surface area (Å²) in [6.45, 7) is 1.78. The zero-order chi connectivity index (χ0) is 20.5. The number of benzene rings is 2. The van der Waals surface area contributed by atoms with Crippen LogP contribution in [0.15, 0.2) is 48.5 Å². The molecular weight excluding hydrogens is 378 g/mol. The first-order valence-electron chi connectivity index (χ1n) is 9.99. The molecule has 2 unspecified atom stereocenters. The first-order valence-corrected chi connectivity index (χ1v) is 9.99. The normalized spacial score (nSPS) is 28.7. The Labute approximate surface area is 168 Å². The van der Waals surface area contributed by atoms with Gasteiger partial charge in [0.05, 0.1) is 30.3 Å². The summed E-state index contributed by atoms with van der Waals surface area (Å²) in [5, 5.41) is 10.3. The summed E-state index contributed by atoms with van der Waals surface area (Å²) in [4.78, 5) is 12.7. The number of rotatable bonds is 6. The van der Waals surface area contributed by atoms with Gasteiger partial charge in [-0.3, -0.25) is 4.79 Å². The molecule has 4 rings (SSSR count). The maximum absolute atomic E-state index is 13.5. The number of hydrogen-bond acceptors (Lipinski definition) is 4. The first-order chi connectivity index (χ1) is 14.0. The van der Waals surface area contributed by atoms with Crippen molar-refractivity contribution in [3.8, 4) is 0 Å². The van der Waals surface area contributed by atoms with Crippen molar-refractivity contribution in [2.45, 2.75) is 56.7 Å². The molecule has 2 saturated heterocycles. The van der Waals surface area contributed by atoms with Gasteiger partial charge in [0.25, 0.3) is 0 Å². The minimum Gasteiger partial charge on any atom is -0.390 e. The first kappa shape index (κ1) is 20.1. The number of aliphatic hydroxyl groups is 1. The van der Waals surface area contributed by atoms with Gasteiger partial charge >= 0.3 is 0 Å². The van der Waals surface area contributed by atoms with Crippen LogP contribution in [-0.2, 0) is 14.3 Å². The van der Waals surface area contributed by atoms with Crippen LogP contribution >= 0.6 is 0 Å². The highest BCUT2D eigenvalue weighted by Gasteiger charge is 2.51. The number of carbonyl (C=O) groups excluding carboxylic acids is 1. The van der Waals surface area contributed by atoms with Crippen LogP contribution < -0.4 is 0 Å². The highest BCUT2D eigenvalue weighted by molar-refractivity contribution is 5.82. The van der Waals surface area contributed by atoms with Crippen LogP contribution in [0.1, 0.15) is 43.4 Å². The third-order valence-corrected chi connectivity index (χ3v) is 5.86. The summed E-state index contributed by atoms with van der Waals surface area (Å²) in [6.07, 6.45) is -1.19. The van der Waals surface area contributed by atoms with Crippen molar-refractivity contribution < 1.29 is 28.2 Å². The van der Waals surface area contributed by atoms with E-state index in [1.165, 1.54) is 24.3 Å². The van der Waals surface area contributed by atoms with E-state index < -0.39 is 30.3 Å². The molecule has 29 heavy (non-hydrogen) atoms. The van der Waals surface area contributed by atoms with E-state index in [9.17, 15) is 18.7 Å². The molecule has 2 aliphatic rings. The van der Waals surface area contributed by atoms with E-state index in [1.54, 1.807) is 31.2 Å². The fraction of sp³-hybridized carbons (Fsp3) is 0.435. The number of ketones is 1. The molecule has 2 aliphatic heterocycles. The van der Waals surface area contributed by atoms with Crippen molar-refractivity contribution in [1.82, 2.24) is 0 Å². The maximum atomic E-state index is 13.5. The van der Waals surface area contributed by atoms with Crippen LogP contribution in [0.25, 0.3) is 0 Å². The van der Waals surface area contributed by atoms with E-state index in [0.29, 0.717) is 30.4 Å². The van der Waals surface area contributed by atoms with Crippen LogP contribution in [0, 0.1) is 17.6 Å². The van der Waals surface area contributed by atoms with Gasteiger partial charge in [-0.05, 0) is 35.4 Å². The van der Waals surface area contributed by atoms with Gasteiger partial charge in [0.2, 0.25) is 0 Å². The number of aliphatic hydroxyl groups excluding tert-OH is 1. The molecule has 6 heteroatoms. The van der Waals surface area contributed by atoms with Crippen molar-refractivity contribution in [3.05, 3.63) is 71.3 Å². The number of ether oxygens (including phenoxy) is 2. The predicted octanol–water partition coefficient (Wildman–Crippen LogP) is 3.96. The minimum absolute atomic E-state index is 0.0173. The Balaban J connectivity index is 1.68. The average Bonchev–Trinajstić information content (AvgIpc) is 3.01. The summed E-state index contributed by atoms with van der Waals surface area (Å²) < 4.78 is 39.2. The predicted molar refractivity (Wildman–Crippen MR) is 102 cm³/mol. The molecule has 0 aliphatic carbocycles. The van der Waals surface area contributed by atoms with Crippen LogP contribution in [0.4, 0.5) is 8.78 Å². The second-order valence-electron chi connectivity index (χ2n) is 7.76. The molecule has 0 saturated carbocycles. The monoisotopic (exact) mass is 402 g/mol. The highest BCUT2D eigenvalue weighted by atomic mass is 19.1. The zero-order valence-electron chi connectivity index (χ0n) is 16.1. The molecule has 2 aromatic carbocycles. The average molecular weight is 402 g/mol. The van der Waals surface area contributed by atoms with E-state index >= 15 is 0 Å². The highest BCUT2D eigenvalue weighted by Crippen LogP contribution is 2.42. The van der Waals surface area contributed by atoms with Crippen molar-refractivity contribution in [1.29, 1.82) is 0 Å². The molecule has 0 spiro atoms. The molecule has 2 aromatic rings. The summed E-state index contributed by atoms with van der Waals surface area (Å²) >= 11 is 0. The molecule has 0 amide bonds. The van der Waals surface area contributed by atoms with Gasteiger partial charge < -0.3 is 14.6 Å². The third-order valence-electron chi connectivity index (χ3n) is 5.86. The summed E-state index contributed by atoms with van der Waals surface area (Å²) in [7, 11) is 0. The van der Waals surface area contributed by atoms with E-state index in [1.807, 2.05) is 0 Å². The Morgan fingerprint density at radius 1 is 1.07 bits per heavy atom. The molecule has 154 valence electrons. The molecule has 0 aromatic heterocycles. The van der Waals surface area contributed by atoms with Gasteiger partial charge in [0, 0.05) is 19.3 Å². The lowest BCUT2D eigenvalue weighted by Crippen LogP contribution is -2.47. The lowest BCUT2D eigenvalue weighted by molar-refractivity contribution is -0.164. The van der Waals surface area contributed by atoms with Gasteiger partial charge in [0.1, 0.15) is 23.5 Å². The zero-order valence-corrected chi connectivity index (χ0v) is 16.1. The number of halogens is 2. The van der Waals surface area contributed by atoms with Crippen LogP contribution in [0.5, 0.6) is 0 Å². The molecule has 0 radical (unpaired) electrons. The Bertz CT molecular complexity index is 807. The topological polar surface area (TPSA) is 55.8 Å². The molecule has 2 bridgehead atoms. The minimum atomic E-state index is -0.691. The lowest BCUT2D eigenvalue weighted by Gasteiger charge is -2.38. The SMILES string of the molecule is CCC(=O)[C@@H]1[C@@H]2OC(CC2O)C[C@H]1OC(c1ccc(F)cc1)c1ccc(F)cc1. The van der Waals surface area contributed by atoms with Gasteiger partial charge in [-0.2, -0.15) is 0 Å². The van der Waals surface area contributed by atoms with Gasteiger partial charge in [-0.25, -0.2) is 8.78 Å². The number of carbonyl (C=O) groups is 1. The molecule has 2 fully saturated rings. The quantitative estimate of drug-likeness (QED) is 0.795. The van der Waals surface area contributed by atoms with Gasteiger partial charge in [0.15, 0.2) is 0 Å². The summed E-state index contributed by atoms with van der Waals surface area (Å²) in [5.41, 5.74) is 1.42. The van der Waals surface area contributed by atoms with Crippen molar-refractivity contribution in [2.75, 3.05) is 0 Å². The Morgan fingerprint density at radius 3 is 2.14 bits per heavy atom. The van der Waals surface area contributed by atoms with Crippen LogP contribution in [-0.4, -0.2) is 35.3 Å². The van der Waals surface area contributed by atoms with Gasteiger partial charge in [-0.15, -0.1) is 0 Å². The molecule has 5 atom stereocenters. The Hall–Kier alpha value is -2.15. The van der Waals surface area contributed by atoms with E-state index in [0.717, 1.165) is 0 Å². The molecular formula is C23H24F2O4. The molecule has 1 N–H and O–H groups in total. The van der Waals surface area contributed by atoms with Gasteiger partial charge in [-0.1, -0.05) is 31.2 Å². The third kappa shape index (κ3) is 4.10. The lowest BCUT2D eigenvalue weighted by atomic mass is 9.86. The number of hydrogen-bond donors (Lipinski definition) is 1. The fourth-order valence-corrected chi connectivity index (χ4v) is 4.43. The second kappa shape index (κ2) is 8.30. The van der Waals surface area contributed by atoms with Crippen molar-refractivity contribution in [3.63, 3.8) is 0 Å². The van der Waals surface area contributed by atoms with Crippen molar-refractivity contribution >= 4 is 5.78 Å². The van der Waals surface area contributed by atoms with E-state index in [2.05, 4.69) is 0 Å². The number of fused-ring (bicyclic) bond motifs is 2. The van der Waals surface area contributed by atoms with E-state index in [-0.39, 0.29) is 23.5 Å². The number of Topliss-reactive ketones (excluding diaryl/α,β-unsaturated/α-hetero) is 1. The van der Waals surface area contributed by atoms with E-state index in [4.69, 9.17) is 9.47 Å². The van der Waals surface area contributed by atoms with Crippen LogP contribution in [0.2, 0.25) is 0 Å². The molecule has 2 heterocycles. The maximum Gasteiger partial charge on any atom is 0.141 e.